The summed E-state index contributed by atoms with van der Waals surface area (Å²) in [7, 11) is 0. The molecule has 0 amide bonds. The fourth-order valence-corrected chi connectivity index (χ4v) is 2.04. The number of benzene rings is 1. The minimum atomic E-state index is 0.124. The van der Waals surface area contributed by atoms with Crippen molar-refractivity contribution in [1.29, 1.82) is 0 Å². The number of fused-ring (bicyclic) bond motifs is 1. The monoisotopic (exact) mass is 296 g/mol. The molecule has 0 radical (unpaired) electrons. The number of pyridine rings is 1. The van der Waals surface area contributed by atoms with Crippen molar-refractivity contribution in [2.24, 2.45) is 10.8 Å². The maximum atomic E-state index is 5.36. The van der Waals surface area contributed by atoms with Crippen molar-refractivity contribution in [3.8, 4) is 5.82 Å². The van der Waals surface area contributed by atoms with Gasteiger partial charge in [-0.05, 0) is 24.4 Å². The molecule has 2 aromatic heterocycles. The Morgan fingerprint density at radius 1 is 1.38 bits per heavy atom. The first-order valence-corrected chi connectivity index (χ1v) is 6.61. The summed E-state index contributed by atoms with van der Waals surface area (Å²) in [6.45, 7) is 0. The highest BCUT2D eigenvalue weighted by atomic mass is 32.1. The largest absolute Gasteiger partial charge is 0.375 e. The van der Waals surface area contributed by atoms with Crippen molar-refractivity contribution in [2.45, 2.75) is 0 Å². The molecule has 21 heavy (non-hydrogen) atoms. The van der Waals surface area contributed by atoms with Gasteiger partial charge in [0.05, 0.1) is 11.7 Å². The Hall–Kier alpha value is -2.80. The van der Waals surface area contributed by atoms with Gasteiger partial charge in [0.25, 0.3) is 0 Å². The van der Waals surface area contributed by atoms with Crippen molar-refractivity contribution in [1.82, 2.24) is 20.0 Å². The van der Waals surface area contributed by atoms with Gasteiger partial charge < -0.3 is 5.73 Å². The van der Waals surface area contributed by atoms with Crippen LogP contribution in [0.4, 0.5) is 0 Å². The molecular formula is C14H12N6S. The second kappa shape index (κ2) is 5.68. The second-order valence-electron chi connectivity index (χ2n) is 4.29. The SMILES string of the molecule is NC(=S)N/N=C/c1cc(-n2ccnc2)nc2ccccc12. The smallest absolute Gasteiger partial charge is 0.184 e. The van der Waals surface area contributed by atoms with Crippen molar-refractivity contribution in [3.63, 3.8) is 0 Å². The van der Waals surface area contributed by atoms with Gasteiger partial charge in [0.1, 0.15) is 12.1 Å². The number of rotatable bonds is 3. The molecule has 2 heterocycles. The number of imidazole rings is 1. The Labute approximate surface area is 126 Å². The Bertz CT molecular complexity index is 809. The van der Waals surface area contributed by atoms with Crippen LogP contribution in [0.25, 0.3) is 16.7 Å². The maximum absolute atomic E-state index is 5.36. The van der Waals surface area contributed by atoms with Gasteiger partial charge in [-0.15, -0.1) is 0 Å². The fraction of sp³-hybridized carbons (Fsp3) is 0. The van der Waals surface area contributed by atoms with E-state index in [-0.39, 0.29) is 5.11 Å². The lowest BCUT2D eigenvalue weighted by Gasteiger charge is -2.07. The number of nitrogens with two attached hydrogens (primary N) is 1. The number of hydrogen-bond acceptors (Lipinski definition) is 4. The van der Waals surface area contributed by atoms with E-state index in [1.54, 1.807) is 18.7 Å². The number of aromatic nitrogens is 3. The molecule has 0 saturated carbocycles. The zero-order valence-electron chi connectivity index (χ0n) is 11.0. The predicted molar refractivity (Wildman–Crippen MR) is 86.4 cm³/mol. The van der Waals surface area contributed by atoms with Gasteiger partial charge >= 0.3 is 0 Å². The van der Waals surface area contributed by atoms with Gasteiger partial charge in [0, 0.05) is 23.3 Å². The standard InChI is InChI=1S/C14H12N6S/c15-14(21)19-17-8-10-7-13(20-6-5-16-9-20)18-12-4-2-1-3-11(10)12/h1-9H,(H3,15,19,21)/b17-8+. The van der Waals surface area contributed by atoms with Crippen LogP contribution in [0.15, 0.2) is 54.2 Å². The molecule has 0 atom stereocenters. The molecule has 0 unspecified atom stereocenters. The van der Waals surface area contributed by atoms with Crippen molar-refractivity contribution in [3.05, 3.63) is 54.6 Å². The van der Waals surface area contributed by atoms with E-state index in [1.807, 2.05) is 41.1 Å². The minimum Gasteiger partial charge on any atom is -0.375 e. The summed E-state index contributed by atoms with van der Waals surface area (Å²) >= 11 is 4.73. The van der Waals surface area contributed by atoms with Crippen LogP contribution in [-0.4, -0.2) is 25.9 Å². The van der Waals surface area contributed by atoms with E-state index in [4.69, 9.17) is 18.0 Å². The molecule has 0 spiro atoms. The van der Waals surface area contributed by atoms with Crippen molar-refractivity contribution >= 4 is 34.4 Å². The van der Waals surface area contributed by atoms with E-state index in [9.17, 15) is 0 Å². The Morgan fingerprint density at radius 2 is 2.24 bits per heavy atom. The Balaban J connectivity index is 2.11. The molecule has 6 nitrogen and oxygen atoms in total. The number of hydrogen-bond donors (Lipinski definition) is 2. The molecule has 3 aromatic rings. The first-order chi connectivity index (χ1) is 10.2. The normalized spacial score (nSPS) is 11.0. The molecule has 1 aromatic carbocycles. The summed E-state index contributed by atoms with van der Waals surface area (Å²) in [6.07, 6.45) is 6.92. The molecular weight excluding hydrogens is 284 g/mol. The number of nitrogens with one attached hydrogen (secondary N) is 1. The third kappa shape index (κ3) is 2.87. The lowest BCUT2D eigenvalue weighted by Crippen LogP contribution is -2.24. The zero-order chi connectivity index (χ0) is 14.7. The molecule has 0 saturated heterocycles. The van der Waals surface area contributed by atoms with Gasteiger partial charge in [-0.1, -0.05) is 18.2 Å². The molecule has 0 aliphatic rings. The third-order valence-electron chi connectivity index (χ3n) is 2.88. The van der Waals surface area contributed by atoms with Crippen LogP contribution in [0.2, 0.25) is 0 Å². The summed E-state index contributed by atoms with van der Waals surface area (Å²) in [5, 5.41) is 5.14. The summed E-state index contributed by atoms with van der Waals surface area (Å²) in [5.74, 6) is 0.767. The molecule has 104 valence electrons. The second-order valence-corrected chi connectivity index (χ2v) is 4.73. The fourth-order valence-electron chi connectivity index (χ4n) is 1.99. The van der Waals surface area contributed by atoms with Gasteiger partial charge in [0.15, 0.2) is 5.11 Å². The van der Waals surface area contributed by atoms with Crippen LogP contribution in [0, 0.1) is 0 Å². The van der Waals surface area contributed by atoms with E-state index in [2.05, 4.69) is 20.5 Å². The quantitative estimate of drug-likeness (QED) is 0.436. The molecule has 0 aliphatic carbocycles. The molecule has 0 bridgehead atoms. The molecule has 7 heteroatoms. The van der Waals surface area contributed by atoms with Crippen LogP contribution in [-0.2, 0) is 0 Å². The van der Waals surface area contributed by atoms with Gasteiger partial charge in [0.2, 0.25) is 0 Å². The number of para-hydroxylation sites is 1. The van der Waals surface area contributed by atoms with Gasteiger partial charge in [-0.3, -0.25) is 9.99 Å². The highest BCUT2D eigenvalue weighted by molar-refractivity contribution is 7.80. The van der Waals surface area contributed by atoms with Crippen LogP contribution < -0.4 is 11.2 Å². The van der Waals surface area contributed by atoms with Gasteiger partial charge in [-0.25, -0.2) is 9.97 Å². The third-order valence-corrected chi connectivity index (χ3v) is 2.97. The minimum absolute atomic E-state index is 0.124. The molecule has 0 fully saturated rings. The summed E-state index contributed by atoms with van der Waals surface area (Å²) in [4.78, 5) is 8.65. The highest BCUT2D eigenvalue weighted by Crippen LogP contribution is 2.18. The lowest BCUT2D eigenvalue weighted by molar-refractivity contribution is 1.00. The van der Waals surface area contributed by atoms with Crippen molar-refractivity contribution in [2.75, 3.05) is 0 Å². The summed E-state index contributed by atoms with van der Waals surface area (Å²) in [5.41, 5.74) is 9.70. The first-order valence-electron chi connectivity index (χ1n) is 6.20. The van der Waals surface area contributed by atoms with E-state index in [1.165, 1.54) is 0 Å². The molecule has 0 aliphatic heterocycles. The van der Waals surface area contributed by atoms with E-state index in [0.29, 0.717) is 0 Å². The van der Waals surface area contributed by atoms with Crippen molar-refractivity contribution < 1.29 is 0 Å². The number of nitrogens with zero attached hydrogens (tertiary/aromatic N) is 4. The van der Waals surface area contributed by atoms with Crippen LogP contribution in [0.1, 0.15) is 5.56 Å². The molecule has 3 N–H and O–H groups in total. The average Bonchev–Trinajstić information content (AvgIpc) is 3.01. The van der Waals surface area contributed by atoms with E-state index in [0.717, 1.165) is 22.3 Å². The first kappa shape index (κ1) is 13.2. The number of thiocarbonyl (C=S) groups is 1. The van der Waals surface area contributed by atoms with E-state index < -0.39 is 0 Å². The van der Waals surface area contributed by atoms with E-state index >= 15 is 0 Å². The summed E-state index contributed by atoms with van der Waals surface area (Å²) in [6, 6.07) is 9.77. The average molecular weight is 296 g/mol. The van der Waals surface area contributed by atoms with Crippen LogP contribution in [0.5, 0.6) is 0 Å². The topological polar surface area (TPSA) is 81.1 Å². The van der Waals surface area contributed by atoms with Crippen LogP contribution >= 0.6 is 12.2 Å². The zero-order valence-corrected chi connectivity index (χ0v) is 11.8. The maximum Gasteiger partial charge on any atom is 0.184 e. The number of hydrazone groups is 1. The summed E-state index contributed by atoms with van der Waals surface area (Å²) < 4.78 is 1.84. The Morgan fingerprint density at radius 3 is 3.00 bits per heavy atom. The van der Waals surface area contributed by atoms with Gasteiger partial charge in [-0.2, -0.15) is 5.10 Å². The molecule has 3 rings (SSSR count). The predicted octanol–water partition coefficient (Wildman–Crippen LogP) is 1.59. The van der Waals surface area contributed by atoms with Crippen LogP contribution in [0.3, 0.4) is 0 Å². The highest BCUT2D eigenvalue weighted by Gasteiger charge is 2.05. The Kier molecular flexibility index (Phi) is 3.57. The lowest BCUT2D eigenvalue weighted by atomic mass is 10.1.